The summed E-state index contributed by atoms with van der Waals surface area (Å²) >= 11 is 0. The van der Waals surface area contributed by atoms with Crippen molar-refractivity contribution in [1.29, 1.82) is 0 Å². The molecule has 0 rings (SSSR count). The van der Waals surface area contributed by atoms with Gasteiger partial charge in [0.25, 0.3) is 0 Å². The summed E-state index contributed by atoms with van der Waals surface area (Å²) in [4.78, 5) is 11.2. The Bertz CT molecular complexity index is 160. The van der Waals surface area contributed by atoms with Crippen molar-refractivity contribution in [3.8, 4) is 0 Å². The summed E-state index contributed by atoms with van der Waals surface area (Å²) in [5.74, 6) is -0.320. The summed E-state index contributed by atoms with van der Waals surface area (Å²) < 4.78 is 4.87. The molecule has 2 atom stereocenters. The van der Waals surface area contributed by atoms with Crippen LogP contribution < -0.4 is 11.5 Å². The average Bonchev–Trinajstić information content (AvgIpc) is 2.11. The maximum Gasteiger partial charge on any atom is 0.323 e. The van der Waals surface area contributed by atoms with Crippen LogP contribution in [0.25, 0.3) is 0 Å². The molecule has 13 heavy (non-hydrogen) atoms. The number of nitrogens with one attached hydrogen (secondary N) is 1. The fourth-order valence-corrected chi connectivity index (χ4v) is 0.669. The molecule has 0 saturated carbocycles. The zero-order valence-electron chi connectivity index (χ0n) is 8.54. The Kier molecular flexibility index (Phi) is 5.66. The summed E-state index contributed by atoms with van der Waals surface area (Å²) in [6, 6.07) is -0.896. The van der Waals surface area contributed by atoms with E-state index in [1.54, 1.807) is 0 Å². The Morgan fingerprint density at radius 3 is 2.46 bits per heavy atom. The molecule has 3 N–H and O–H groups in total. The van der Waals surface area contributed by atoms with Crippen LogP contribution in [-0.4, -0.2) is 24.7 Å². The molecular weight excluding hydrogens is 168 g/mol. The predicted octanol–water partition coefficient (Wildman–Crippen LogP) is 0.574. The number of rotatable bonds is 5. The highest BCUT2D eigenvalue weighted by molar-refractivity contribution is 5.75. The lowest BCUT2D eigenvalue weighted by atomic mass is 10.1. The van der Waals surface area contributed by atoms with Crippen LogP contribution in [0.1, 0.15) is 27.2 Å². The van der Waals surface area contributed by atoms with Crippen LogP contribution >= 0.6 is 0 Å². The van der Waals surface area contributed by atoms with E-state index in [0.717, 1.165) is 0 Å². The van der Waals surface area contributed by atoms with Crippen LogP contribution in [-0.2, 0) is 9.53 Å². The summed E-state index contributed by atoms with van der Waals surface area (Å²) in [6.45, 7) is 5.76. The Morgan fingerprint density at radius 2 is 2.08 bits per heavy atom. The minimum Gasteiger partial charge on any atom is -0.463 e. The van der Waals surface area contributed by atoms with E-state index < -0.39 is 12.0 Å². The van der Waals surface area contributed by atoms with E-state index in [-0.39, 0.29) is 18.6 Å². The van der Waals surface area contributed by atoms with Crippen LogP contribution in [0, 0.1) is 5.92 Å². The van der Waals surface area contributed by atoms with Crippen molar-refractivity contribution in [2.45, 2.75) is 39.3 Å². The van der Waals surface area contributed by atoms with Gasteiger partial charge in [0.2, 0.25) is 0 Å². The molecule has 0 aromatic rings. The lowest BCUT2D eigenvalue weighted by Gasteiger charge is -2.15. The topological polar surface area (TPSA) is 76.1 Å². The zero-order chi connectivity index (χ0) is 10.4. The van der Waals surface area contributed by atoms with Gasteiger partial charge in [-0.1, -0.05) is 20.8 Å². The van der Waals surface area contributed by atoms with Crippen molar-refractivity contribution in [2.75, 3.05) is 6.61 Å². The molecule has 0 aromatic carbocycles. The number of esters is 1. The van der Waals surface area contributed by atoms with Gasteiger partial charge >= 0.3 is 5.97 Å². The van der Waals surface area contributed by atoms with Gasteiger partial charge in [-0.2, -0.15) is 0 Å². The predicted molar refractivity (Wildman–Crippen MR) is 50.9 cm³/mol. The fourth-order valence-electron chi connectivity index (χ4n) is 0.669. The van der Waals surface area contributed by atoms with Gasteiger partial charge < -0.3 is 10.5 Å². The number of ether oxygens (including phenoxy) is 1. The Balaban J connectivity index is 3.74. The number of carbonyl (C=O) groups excluding carboxylic acids is 1. The molecule has 0 aliphatic heterocycles. The molecule has 4 nitrogen and oxygen atoms in total. The smallest absolute Gasteiger partial charge is 0.323 e. The molecule has 4 heteroatoms. The standard InChI is InChI=1S/C9H19N2O2/c1-4-7(10)5-13-9(12)8(11)6(2)3/h6-8,10H,4-5,11H2,1-3H3/t7-,8-/m0/s1. The third-order valence-corrected chi connectivity index (χ3v) is 1.91. The van der Waals surface area contributed by atoms with Crippen molar-refractivity contribution < 1.29 is 9.53 Å². The van der Waals surface area contributed by atoms with Crippen molar-refractivity contribution >= 4 is 5.97 Å². The van der Waals surface area contributed by atoms with Crippen LogP contribution in [0.4, 0.5) is 0 Å². The number of hydrogen-bond donors (Lipinski definition) is 1. The van der Waals surface area contributed by atoms with Crippen LogP contribution in [0.5, 0.6) is 0 Å². The zero-order valence-corrected chi connectivity index (χ0v) is 8.54. The summed E-state index contributed by atoms with van der Waals surface area (Å²) in [7, 11) is 0. The Hall–Kier alpha value is -0.610. The maximum absolute atomic E-state index is 11.2. The largest absolute Gasteiger partial charge is 0.463 e. The summed E-state index contributed by atoms with van der Waals surface area (Å²) in [5, 5.41) is 0. The second-order valence-electron chi connectivity index (χ2n) is 3.51. The lowest BCUT2D eigenvalue weighted by molar-refractivity contribution is -0.146. The quantitative estimate of drug-likeness (QED) is 0.639. The monoisotopic (exact) mass is 187 g/mol. The van der Waals surface area contributed by atoms with Gasteiger partial charge in [0.05, 0.1) is 6.04 Å². The molecule has 0 spiro atoms. The Morgan fingerprint density at radius 1 is 1.54 bits per heavy atom. The highest BCUT2D eigenvalue weighted by Gasteiger charge is 2.19. The average molecular weight is 187 g/mol. The molecule has 0 amide bonds. The second-order valence-corrected chi connectivity index (χ2v) is 3.51. The number of nitrogens with two attached hydrogens (primary N) is 1. The molecule has 0 aliphatic rings. The van der Waals surface area contributed by atoms with Gasteiger partial charge in [-0.25, -0.2) is 0 Å². The minimum atomic E-state index is -0.566. The van der Waals surface area contributed by atoms with Crippen molar-refractivity contribution in [2.24, 2.45) is 11.7 Å². The maximum atomic E-state index is 11.2. The highest BCUT2D eigenvalue weighted by Crippen LogP contribution is 2.01. The van der Waals surface area contributed by atoms with E-state index in [2.05, 4.69) is 0 Å². The normalized spacial score (nSPS) is 15.5. The number of hydrogen-bond acceptors (Lipinski definition) is 3. The number of carbonyl (C=O) groups is 1. The third kappa shape index (κ3) is 4.85. The SMILES string of the molecule is CC[C@H]([NH])COC(=O)[C@@H](N)C(C)C. The van der Waals surface area contributed by atoms with Crippen molar-refractivity contribution in [3.63, 3.8) is 0 Å². The van der Waals surface area contributed by atoms with Crippen molar-refractivity contribution in [1.82, 2.24) is 5.73 Å². The Labute approximate surface area is 79.6 Å². The molecule has 0 unspecified atom stereocenters. The van der Waals surface area contributed by atoms with Gasteiger partial charge in [0, 0.05) is 0 Å². The van der Waals surface area contributed by atoms with E-state index in [4.69, 9.17) is 16.2 Å². The van der Waals surface area contributed by atoms with E-state index >= 15 is 0 Å². The molecule has 0 bridgehead atoms. The van der Waals surface area contributed by atoms with Gasteiger partial charge in [-0.05, 0) is 12.3 Å². The summed E-state index contributed by atoms with van der Waals surface area (Å²) in [6.07, 6.45) is 0.685. The van der Waals surface area contributed by atoms with E-state index in [1.807, 2.05) is 20.8 Å². The van der Waals surface area contributed by atoms with Gasteiger partial charge in [0.1, 0.15) is 12.6 Å². The van der Waals surface area contributed by atoms with Crippen LogP contribution in [0.2, 0.25) is 0 Å². The molecule has 0 aromatic heterocycles. The highest BCUT2D eigenvalue weighted by atomic mass is 16.5. The van der Waals surface area contributed by atoms with E-state index in [9.17, 15) is 4.79 Å². The first-order valence-corrected chi connectivity index (χ1v) is 4.62. The van der Waals surface area contributed by atoms with Gasteiger partial charge in [-0.15, -0.1) is 0 Å². The molecule has 0 aliphatic carbocycles. The third-order valence-electron chi connectivity index (χ3n) is 1.91. The second kappa shape index (κ2) is 5.94. The molecule has 0 fully saturated rings. The summed E-state index contributed by atoms with van der Waals surface area (Å²) in [5.41, 5.74) is 12.9. The molecule has 0 heterocycles. The van der Waals surface area contributed by atoms with Crippen LogP contribution in [0.15, 0.2) is 0 Å². The fraction of sp³-hybridized carbons (Fsp3) is 0.889. The van der Waals surface area contributed by atoms with E-state index in [1.165, 1.54) is 0 Å². The molecule has 0 saturated heterocycles. The first kappa shape index (κ1) is 12.4. The van der Waals surface area contributed by atoms with Crippen molar-refractivity contribution in [3.05, 3.63) is 0 Å². The minimum absolute atomic E-state index is 0.0818. The van der Waals surface area contributed by atoms with Crippen LogP contribution in [0.3, 0.4) is 0 Å². The van der Waals surface area contributed by atoms with Gasteiger partial charge in [-0.3, -0.25) is 10.5 Å². The first-order valence-electron chi connectivity index (χ1n) is 4.62. The van der Waals surface area contributed by atoms with E-state index in [0.29, 0.717) is 6.42 Å². The van der Waals surface area contributed by atoms with Gasteiger partial charge in [0.15, 0.2) is 0 Å². The molecular formula is C9H19N2O2. The molecule has 77 valence electrons. The lowest BCUT2D eigenvalue weighted by Crippen LogP contribution is -2.38. The first-order chi connectivity index (χ1) is 5.99. The molecule has 1 radical (unpaired) electrons.